The van der Waals surface area contributed by atoms with E-state index < -0.39 is 0 Å². The zero-order valence-corrected chi connectivity index (χ0v) is 13.9. The lowest BCUT2D eigenvalue weighted by atomic mass is 10.4. The predicted octanol–water partition coefficient (Wildman–Crippen LogP) is 1.21. The Morgan fingerprint density at radius 1 is 1.50 bits per heavy atom. The van der Waals surface area contributed by atoms with Crippen molar-refractivity contribution in [1.82, 2.24) is 14.7 Å². The summed E-state index contributed by atoms with van der Waals surface area (Å²) in [6, 6.07) is 2.04. The van der Waals surface area contributed by atoms with Crippen molar-refractivity contribution in [2.24, 2.45) is 17.8 Å². The lowest BCUT2D eigenvalue weighted by Crippen LogP contribution is -2.42. The van der Waals surface area contributed by atoms with E-state index >= 15 is 0 Å². The Bertz CT molecular complexity index is 412. The summed E-state index contributed by atoms with van der Waals surface area (Å²) in [6.07, 6.45) is 0. The van der Waals surface area contributed by atoms with E-state index in [2.05, 4.69) is 15.0 Å². The van der Waals surface area contributed by atoms with Crippen molar-refractivity contribution in [2.75, 3.05) is 24.6 Å². The van der Waals surface area contributed by atoms with Gasteiger partial charge >= 0.3 is 0 Å². The Kier molecular flexibility index (Phi) is 6.27. The van der Waals surface area contributed by atoms with Gasteiger partial charge in [-0.3, -0.25) is 4.68 Å². The minimum Gasteiger partial charge on any atom is -0.370 e. The molecule has 0 aromatic carbocycles. The van der Waals surface area contributed by atoms with Gasteiger partial charge in [0.2, 0.25) is 0 Å². The maximum atomic E-state index is 5.99. The number of hydrogen-bond acceptors (Lipinski definition) is 3. The standard InChI is InChI=1S/C11H19N5S.HI/c1-9-7-10(15(2)14-9)8-13-11(12)16-3-5-17-6-4-16;/h7H,3-6,8H2,1-2H3,(H2,12,13);1H. The maximum Gasteiger partial charge on any atom is 0.191 e. The molecule has 0 unspecified atom stereocenters. The van der Waals surface area contributed by atoms with Crippen LogP contribution in [0.1, 0.15) is 11.4 Å². The van der Waals surface area contributed by atoms with Crippen LogP contribution in [0.25, 0.3) is 0 Å². The van der Waals surface area contributed by atoms with Crippen LogP contribution >= 0.6 is 35.7 Å². The van der Waals surface area contributed by atoms with Crippen LogP contribution in [0.3, 0.4) is 0 Å². The Balaban J connectivity index is 0.00000162. The number of aliphatic imine (C=N–C) groups is 1. The van der Waals surface area contributed by atoms with Crippen LogP contribution in [-0.4, -0.2) is 45.2 Å². The third-order valence-electron chi connectivity index (χ3n) is 2.84. The number of rotatable bonds is 2. The highest BCUT2D eigenvalue weighted by molar-refractivity contribution is 14.0. The van der Waals surface area contributed by atoms with Gasteiger partial charge < -0.3 is 10.6 Å². The van der Waals surface area contributed by atoms with E-state index in [1.54, 1.807) is 0 Å². The van der Waals surface area contributed by atoms with Crippen molar-refractivity contribution in [2.45, 2.75) is 13.5 Å². The largest absolute Gasteiger partial charge is 0.370 e. The number of aromatic nitrogens is 2. The Morgan fingerprint density at radius 3 is 2.72 bits per heavy atom. The normalized spacial score (nSPS) is 16.6. The highest BCUT2D eigenvalue weighted by Crippen LogP contribution is 2.09. The highest BCUT2D eigenvalue weighted by Gasteiger charge is 2.12. The molecule has 0 spiro atoms. The fourth-order valence-corrected chi connectivity index (χ4v) is 2.77. The van der Waals surface area contributed by atoms with Gasteiger partial charge in [0.05, 0.1) is 17.9 Å². The summed E-state index contributed by atoms with van der Waals surface area (Å²) in [6.45, 7) is 4.60. The molecule has 1 aromatic heterocycles. The Morgan fingerprint density at radius 2 is 2.17 bits per heavy atom. The monoisotopic (exact) mass is 381 g/mol. The van der Waals surface area contributed by atoms with Crippen molar-refractivity contribution < 1.29 is 0 Å². The lowest BCUT2D eigenvalue weighted by molar-refractivity contribution is 0.455. The van der Waals surface area contributed by atoms with E-state index in [1.807, 2.05) is 36.5 Å². The first kappa shape index (κ1) is 15.6. The number of nitrogens with zero attached hydrogens (tertiary/aromatic N) is 4. The fourth-order valence-electron chi connectivity index (χ4n) is 1.87. The fraction of sp³-hybridized carbons (Fsp3) is 0.636. The second-order valence-corrected chi connectivity index (χ2v) is 5.40. The van der Waals surface area contributed by atoms with Crippen molar-refractivity contribution >= 4 is 41.7 Å². The number of aryl methyl sites for hydroxylation is 2. The minimum atomic E-state index is 0. The quantitative estimate of drug-likeness (QED) is 0.475. The van der Waals surface area contributed by atoms with E-state index in [9.17, 15) is 0 Å². The van der Waals surface area contributed by atoms with Crippen LogP contribution in [0.15, 0.2) is 11.1 Å². The summed E-state index contributed by atoms with van der Waals surface area (Å²) in [7, 11) is 1.94. The molecule has 1 aromatic rings. The van der Waals surface area contributed by atoms with Crippen molar-refractivity contribution in [1.29, 1.82) is 0 Å². The second kappa shape index (κ2) is 7.22. The van der Waals surface area contributed by atoms with Crippen LogP contribution in [0.4, 0.5) is 0 Å². The van der Waals surface area contributed by atoms with Crippen LogP contribution in [-0.2, 0) is 13.6 Å². The summed E-state index contributed by atoms with van der Waals surface area (Å²) in [4.78, 5) is 6.60. The molecule has 1 fully saturated rings. The molecule has 0 atom stereocenters. The SMILES string of the molecule is Cc1cc(CN=C(N)N2CCSCC2)n(C)n1.I. The average Bonchev–Trinajstić information content (AvgIpc) is 2.66. The van der Waals surface area contributed by atoms with E-state index in [1.165, 1.54) is 0 Å². The van der Waals surface area contributed by atoms with Gasteiger partial charge in [0, 0.05) is 31.6 Å². The maximum absolute atomic E-state index is 5.99. The first-order valence-corrected chi connectivity index (χ1v) is 6.94. The molecule has 2 N–H and O–H groups in total. The first-order chi connectivity index (χ1) is 8.16. The summed E-state index contributed by atoms with van der Waals surface area (Å²) >= 11 is 1.97. The molecule has 0 bridgehead atoms. The average molecular weight is 381 g/mol. The van der Waals surface area contributed by atoms with Crippen LogP contribution in [0.5, 0.6) is 0 Å². The molecule has 2 rings (SSSR count). The van der Waals surface area contributed by atoms with Crippen molar-refractivity contribution in [3.63, 3.8) is 0 Å². The smallest absolute Gasteiger partial charge is 0.191 e. The summed E-state index contributed by atoms with van der Waals surface area (Å²) < 4.78 is 1.86. The molecule has 5 nitrogen and oxygen atoms in total. The van der Waals surface area contributed by atoms with E-state index in [0.29, 0.717) is 12.5 Å². The third kappa shape index (κ3) is 4.04. The molecule has 1 aliphatic rings. The zero-order valence-electron chi connectivity index (χ0n) is 10.8. The molecule has 18 heavy (non-hydrogen) atoms. The van der Waals surface area contributed by atoms with Crippen molar-refractivity contribution in [3.05, 3.63) is 17.5 Å². The van der Waals surface area contributed by atoms with Gasteiger partial charge in [-0.25, -0.2) is 4.99 Å². The molecular weight excluding hydrogens is 361 g/mol. The molecule has 1 saturated heterocycles. The summed E-state index contributed by atoms with van der Waals surface area (Å²) in [5, 5.41) is 4.29. The molecule has 0 amide bonds. The number of thioether (sulfide) groups is 1. The summed E-state index contributed by atoms with van der Waals surface area (Å²) in [5.74, 6) is 2.94. The number of halogens is 1. The Labute approximate surface area is 129 Å². The van der Waals surface area contributed by atoms with Crippen LogP contribution in [0.2, 0.25) is 0 Å². The van der Waals surface area contributed by atoms with Gasteiger partial charge in [-0.05, 0) is 13.0 Å². The topological polar surface area (TPSA) is 59.4 Å². The number of hydrogen-bond donors (Lipinski definition) is 1. The van der Waals surface area contributed by atoms with Crippen LogP contribution in [0, 0.1) is 6.92 Å². The highest BCUT2D eigenvalue weighted by atomic mass is 127. The lowest BCUT2D eigenvalue weighted by Gasteiger charge is -2.27. The molecule has 2 heterocycles. The van der Waals surface area contributed by atoms with E-state index in [0.717, 1.165) is 36.0 Å². The van der Waals surface area contributed by atoms with Crippen LogP contribution < -0.4 is 5.73 Å². The molecule has 0 saturated carbocycles. The predicted molar refractivity (Wildman–Crippen MR) is 87.6 cm³/mol. The van der Waals surface area contributed by atoms with Gasteiger partial charge in [-0.2, -0.15) is 16.9 Å². The minimum absolute atomic E-state index is 0. The van der Waals surface area contributed by atoms with Gasteiger partial charge in [-0.15, -0.1) is 24.0 Å². The van der Waals surface area contributed by atoms with Gasteiger partial charge in [0.15, 0.2) is 5.96 Å². The van der Waals surface area contributed by atoms with Gasteiger partial charge in [0.1, 0.15) is 0 Å². The third-order valence-corrected chi connectivity index (χ3v) is 3.78. The summed E-state index contributed by atoms with van der Waals surface area (Å²) in [5.41, 5.74) is 8.10. The zero-order chi connectivity index (χ0) is 12.3. The molecule has 0 aliphatic carbocycles. The number of nitrogens with two attached hydrogens (primary N) is 1. The van der Waals surface area contributed by atoms with Gasteiger partial charge in [-0.1, -0.05) is 0 Å². The first-order valence-electron chi connectivity index (χ1n) is 5.79. The second-order valence-electron chi connectivity index (χ2n) is 4.17. The number of guanidine groups is 1. The molecule has 7 heteroatoms. The molecule has 1 aliphatic heterocycles. The van der Waals surface area contributed by atoms with E-state index in [-0.39, 0.29) is 24.0 Å². The van der Waals surface area contributed by atoms with E-state index in [4.69, 9.17) is 5.73 Å². The molecule has 102 valence electrons. The molecular formula is C11H20IN5S. The molecule has 0 radical (unpaired) electrons. The Hall–Kier alpha value is -0.440. The van der Waals surface area contributed by atoms with Gasteiger partial charge in [0.25, 0.3) is 0 Å². The van der Waals surface area contributed by atoms with Crippen molar-refractivity contribution in [3.8, 4) is 0 Å².